The van der Waals surface area contributed by atoms with E-state index < -0.39 is 0 Å². The minimum absolute atomic E-state index is 0.0903. The zero-order valence-electron chi connectivity index (χ0n) is 12.7. The first-order valence-electron chi connectivity index (χ1n) is 7.28. The number of hydrogen-bond acceptors (Lipinski definition) is 1. The molecule has 0 bridgehead atoms. The highest BCUT2D eigenvalue weighted by molar-refractivity contribution is 6.31. The van der Waals surface area contributed by atoms with Gasteiger partial charge in [-0.15, -0.1) is 0 Å². The maximum atomic E-state index is 13.5. The Labute approximate surface area is 131 Å². The van der Waals surface area contributed by atoms with E-state index in [1.54, 1.807) is 12.1 Å². The third-order valence-corrected chi connectivity index (χ3v) is 4.03. The summed E-state index contributed by atoms with van der Waals surface area (Å²) >= 11 is 6.43. The molecule has 0 aliphatic heterocycles. The summed E-state index contributed by atoms with van der Waals surface area (Å²) in [5.74, 6) is -0.226. The Balaban J connectivity index is 2.47. The summed E-state index contributed by atoms with van der Waals surface area (Å²) < 4.78 is 13.5. The molecule has 112 valence electrons. The van der Waals surface area contributed by atoms with E-state index in [2.05, 4.69) is 25.2 Å². The Morgan fingerprint density at radius 3 is 2.52 bits per heavy atom. The van der Waals surface area contributed by atoms with E-state index in [1.165, 1.54) is 11.6 Å². The molecule has 2 aromatic rings. The van der Waals surface area contributed by atoms with E-state index in [1.807, 2.05) is 19.1 Å². The van der Waals surface area contributed by atoms with E-state index in [-0.39, 0.29) is 11.9 Å². The zero-order chi connectivity index (χ0) is 15.4. The van der Waals surface area contributed by atoms with Crippen LogP contribution in [0, 0.1) is 19.7 Å². The molecule has 21 heavy (non-hydrogen) atoms. The molecular formula is C18H21ClFN. The van der Waals surface area contributed by atoms with E-state index in [9.17, 15) is 4.39 Å². The average Bonchev–Trinajstić information content (AvgIpc) is 2.44. The number of halogens is 2. The van der Waals surface area contributed by atoms with Crippen molar-refractivity contribution in [3.05, 3.63) is 69.5 Å². The fourth-order valence-corrected chi connectivity index (χ4v) is 2.73. The van der Waals surface area contributed by atoms with Crippen molar-refractivity contribution < 1.29 is 4.39 Å². The molecule has 0 aromatic heterocycles. The van der Waals surface area contributed by atoms with Crippen molar-refractivity contribution in [3.63, 3.8) is 0 Å². The lowest BCUT2D eigenvalue weighted by atomic mass is 9.95. The third kappa shape index (κ3) is 3.84. The number of benzene rings is 2. The Hall–Kier alpha value is -1.38. The molecule has 0 fully saturated rings. The van der Waals surface area contributed by atoms with Gasteiger partial charge in [0.1, 0.15) is 5.82 Å². The van der Waals surface area contributed by atoms with Gasteiger partial charge < -0.3 is 5.32 Å². The summed E-state index contributed by atoms with van der Waals surface area (Å²) in [4.78, 5) is 0. The molecule has 0 radical (unpaired) electrons. The van der Waals surface area contributed by atoms with E-state index in [0.29, 0.717) is 0 Å². The minimum atomic E-state index is -0.226. The first-order valence-corrected chi connectivity index (χ1v) is 7.66. The SMILES string of the molecule is CCCNC(c1cccc(F)c1)c1cc(C)c(C)cc1Cl. The van der Waals surface area contributed by atoms with Gasteiger partial charge in [-0.05, 0) is 67.3 Å². The van der Waals surface area contributed by atoms with Crippen LogP contribution < -0.4 is 5.32 Å². The maximum Gasteiger partial charge on any atom is 0.123 e. The number of aryl methyl sites for hydroxylation is 2. The van der Waals surface area contributed by atoms with Crippen LogP contribution in [-0.2, 0) is 0 Å². The smallest absolute Gasteiger partial charge is 0.123 e. The van der Waals surface area contributed by atoms with Crippen molar-refractivity contribution >= 4 is 11.6 Å². The van der Waals surface area contributed by atoms with E-state index >= 15 is 0 Å². The monoisotopic (exact) mass is 305 g/mol. The second-order valence-electron chi connectivity index (χ2n) is 5.40. The van der Waals surface area contributed by atoms with Crippen molar-refractivity contribution in [1.29, 1.82) is 0 Å². The van der Waals surface area contributed by atoms with Crippen LogP contribution in [0.25, 0.3) is 0 Å². The van der Waals surface area contributed by atoms with Crippen LogP contribution in [0.2, 0.25) is 5.02 Å². The second kappa shape index (κ2) is 7.06. The molecular weight excluding hydrogens is 285 g/mol. The Bertz CT molecular complexity index is 625. The molecule has 1 atom stereocenters. The molecule has 0 saturated heterocycles. The van der Waals surface area contributed by atoms with Crippen LogP contribution in [0.1, 0.15) is 41.6 Å². The number of nitrogens with one attached hydrogen (secondary N) is 1. The van der Waals surface area contributed by atoms with Crippen molar-refractivity contribution in [2.45, 2.75) is 33.2 Å². The van der Waals surface area contributed by atoms with Crippen molar-refractivity contribution in [2.75, 3.05) is 6.54 Å². The first kappa shape index (κ1) is 16.0. The molecule has 1 unspecified atom stereocenters. The highest BCUT2D eigenvalue weighted by Gasteiger charge is 2.17. The molecule has 0 amide bonds. The standard InChI is InChI=1S/C18H21ClFN/c1-4-8-21-18(14-6-5-7-15(20)11-14)16-9-12(2)13(3)10-17(16)19/h5-7,9-11,18,21H,4,8H2,1-3H3. The van der Waals surface area contributed by atoms with Gasteiger partial charge in [0.15, 0.2) is 0 Å². The quantitative estimate of drug-likeness (QED) is 0.802. The van der Waals surface area contributed by atoms with Gasteiger partial charge in [-0.1, -0.05) is 36.7 Å². The predicted molar refractivity (Wildman–Crippen MR) is 87.5 cm³/mol. The van der Waals surface area contributed by atoms with Gasteiger partial charge in [0.05, 0.1) is 6.04 Å². The summed E-state index contributed by atoms with van der Waals surface area (Å²) in [5.41, 5.74) is 4.25. The molecule has 1 N–H and O–H groups in total. The van der Waals surface area contributed by atoms with Crippen LogP contribution in [0.3, 0.4) is 0 Å². The van der Waals surface area contributed by atoms with Gasteiger partial charge in [-0.2, -0.15) is 0 Å². The molecule has 0 aliphatic carbocycles. The second-order valence-corrected chi connectivity index (χ2v) is 5.81. The van der Waals surface area contributed by atoms with Gasteiger partial charge in [0, 0.05) is 5.02 Å². The summed E-state index contributed by atoms with van der Waals surface area (Å²) in [6.07, 6.45) is 1.01. The summed E-state index contributed by atoms with van der Waals surface area (Å²) in [7, 11) is 0. The summed E-state index contributed by atoms with van der Waals surface area (Å²) in [6, 6.07) is 10.7. The summed E-state index contributed by atoms with van der Waals surface area (Å²) in [5, 5.41) is 4.18. The molecule has 3 heteroatoms. The lowest BCUT2D eigenvalue weighted by molar-refractivity contribution is 0.585. The molecule has 2 rings (SSSR count). The van der Waals surface area contributed by atoms with Crippen molar-refractivity contribution in [3.8, 4) is 0 Å². The van der Waals surface area contributed by atoms with E-state index in [4.69, 9.17) is 11.6 Å². The third-order valence-electron chi connectivity index (χ3n) is 3.70. The minimum Gasteiger partial charge on any atom is -0.306 e. The molecule has 1 nitrogen and oxygen atoms in total. The Morgan fingerprint density at radius 1 is 1.14 bits per heavy atom. The highest BCUT2D eigenvalue weighted by atomic mass is 35.5. The molecule has 0 spiro atoms. The summed E-state index contributed by atoms with van der Waals surface area (Å²) in [6.45, 7) is 7.07. The lowest BCUT2D eigenvalue weighted by Crippen LogP contribution is -2.23. The molecule has 0 saturated carbocycles. The predicted octanol–water partition coefficient (Wildman–Crippen LogP) is 5.18. The van der Waals surface area contributed by atoms with Crippen LogP contribution in [0.4, 0.5) is 4.39 Å². The normalized spacial score (nSPS) is 12.4. The van der Waals surface area contributed by atoms with Crippen molar-refractivity contribution in [1.82, 2.24) is 5.32 Å². The molecule has 0 heterocycles. The van der Waals surface area contributed by atoms with Crippen LogP contribution in [-0.4, -0.2) is 6.54 Å². The Morgan fingerprint density at radius 2 is 1.86 bits per heavy atom. The average molecular weight is 306 g/mol. The molecule has 2 aromatic carbocycles. The number of rotatable bonds is 5. The van der Waals surface area contributed by atoms with Gasteiger partial charge in [0.25, 0.3) is 0 Å². The van der Waals surface area contributed by atoms with Crippen LogP contribution >= 0.6 is 11.6 Å². The largest absolute Gasteiger partial charge is 0.306 e. The van der Waals surface area contributed by atoms with Crippen LogP contribution in [0.15, 0.2) is 36.4 Å². The van der Waals surface area contributed by atoms with Crippen molar-refractivity contribution in [2.24, 2.45) is 0 Å². The lowest BCUT2D eigenvalue weighted by Gasteiger charge is -2.22. The van der Waals surface area contributed by atoms with E-state index in [0.717, 1.165) is 34.7 Å². The Kier molecular flexibility index (Phi) is 5.38. The highest BCUT2D eigenvalue weighted by Crippen LogP contribution is 2.31. The topological polar surface area (TPSA) is 12.0 Å². The first-order chi connectivity index (χ1) is 10.0. The van der Waals surface area contributed by atoms with Gasteiger partial charge in [0.2, 0.25) is 0 Å². The fraction of sp³-hybridized carbons (Fsp3) is 0.333. The molecule has 0 aliphatic rings. The van der Waals surface area contributed by atoms with Gasteiger partial charge in [-0.25, -0.2) is 4.39 Å². The zero-order valence-corrected chi connectivity index (χ0v) is 13.5. The van der Waals surface area contributed by atoms with Crippen LogP contribution in [0.5, 0.6) is 0 Å². The number of hydrogen-bond donors (Lipinski definition) is 1. The van der Waals surface area contributed by atoms with Gasteiger partial charge in [-0.3, -0.25) is 0 Å². The van der Waals surface area contributed by atoms with Gasteiger partial charge >= 0.3 is 0 Å². The maximum absolute atomic E-state index is 13.5. The fourth-order valence-electron chi connectivity index (χ4n) is 2.41.